The Labute approximate surface area is 157 Å². The Bertz CT molecular complexity index is 479. The normalized spacial score (nSPS) is 11.1. The maximum atomic E-state index is 5.85. The summed E-state index contributed by atoms with van der Waals surface area (Å²) in [5, 5.41) is 3.14. The number of nitrogens with one attached hydrogen (secondary N) is 1. The number of nitrogens with two attached hydrogens (primary N) is 1. The van der Waals surface area contributed by atoms with Crippen LogP contribution in [-0.2, 0) is 6.42 Å². The summed E-state index contributed by atoms with van der Waals surface area (Å²) < 4.78 is 10.5. The maximum Gasteiger partial charge on any atom is 0.188 e. The number of guanidine groups is 1. The first-order valence-corrected chi connectivity index (χ1v) is 7.81. The average molecular weight is 435 g/mol. The summed E-state index contributed by atoms with van der Waals surface area (Å²) in [5.41, 5.74) is 7.02. The summed E-state index contributed by atoms with van der Waals surface area (Å²) in [5.74, 6) is 2.72. The van der Waals surface area contributed by atoms with Crippen molar-refractivity contribution in [3.05, 3.63) is 23.8 Å². The molecule has 0 unspecified atom stereocenters. The van der Waals surface area contributed by atoms with Crippen molar-refractivity contribution >= 4 is 29.9 Å². The lowest BCUT2D eigenvalue weighted by Gasteiger charge is -2.10. The van der Waals surface area contributed by atoms with Gasteiger partial charge in [0.25, 0.3) is 0 Å². The third-order valence-electron chi connectivity index (χ3n) is 3.39. The summed E-state index contributed by atoms with van der Waals surface area (Å²) >= 11 is 0. The van der Waals surface area contributed by atoms with Crippen LogP contribution in [0.25, 0.3) is 0 Å². The minimum Gasteiger partial charge on any atom is -0.493 e. The first-order chi connectivity index (χ1) is 10.6. The Morgan fingerprint density at radius 3 is 2.52 bits per heavy atom. The second kappa shape index (κ2) is 12.3. The lowest BCUT2D eigenvalue weighted by molar-refractivity contribution is 0.354. The molecule has 0 aliphatic rings. The molecule has 132 valence electrons. The second-order valence-corrected chi connectivity index (χ2v) is 5.67. The molecule has 0 aliphatic carbocycles. The van der Waals surface area contributed by atoms with Gasteiger partial charge in [-0.15, -0.1) is 24.0 Å². The number of hydrogen-bond donors (Lipinski definition) is 2. The van der Waals surface area contributed by atoms with E-state index in [0.717, 1.165) is 48.9 Å². The lowest BCUT2D eigenvalue weighted by Crippen LogP contribution is -2.33. The van der Waals surface area contributed by atoms with Gasteiger partial charge in [0.1, 0.15) is 0 Å². The molecule has 0 saturated carbocycles. The van der Waals surface area contributed by atoms with E-state index in [4.69, 9.17) is 15.2 Å². The first-order valence-electron chi connectivity index (χ1n) is 7.81. The molecular weight excluding hydrogens is 405 g/mol. The summed E-state index contributed by atoms with van der Waals surface area (Å²) in [6.07, 6.45) is 3.11. The summed E-state index contributed by atoms with van der Waals surface area (Å²) in [7, 11) is 3.28. The van der Waals surface area contributed by atoms with Crippen molar-refractivity contribution in [2.75, 3.05) is 27.3 Å². The van der Waals surface area contributed by atoms with Crippen LogP contribution in [0.2, 0.25) is 0 Å². The van der Waals surface area contributed by atoms with Crippen LogP contribution in [0.1, 0.15) is 32.3 Å². The molecule has 0 saturated heterocycles. The summed E-state index contributed by atoms with van der Waals surface area (Å²) in [4.78, 5) is 4.33. The number of benzene rings is 1. The van der Waals surface area contributed by atoms with E-state index in [1.54, 1.807) is 14.2 Å². The Balaban J connectivity index is 0.00000484. The molecule has 1 rings (SSSR count). The van der Waals surface area contributed by atoms with Gasteiger partial charge in [0.05, 0.1) is 14.2 Å². The molecule has 0 bridgehead atoms. The van der Waals surface area contributed by atoms with E-state index >= 15 is 0 Å². The van der Waals surface area contributed by atoms with Crippen molar-refractivity contribution in [3.8, 4) is 11.5 Å². The van der Waals surface area contributed by atoms with Crippen LogP contribution in [0.3, 0.4) is 0 Å². The zero-order valence-corrected chi connectivity index (χ0v) is 16.9. The SMILES string of the molecule is COc1ccc(CCNC(N)=NCCCC(C)C)cc1OC.I. The highest BCUT2D eigenvalue weighted by Gasteiger charge is 2.04. The highest BCUT2D eigenvalue weighted by Crippen LogP contribution is 2.27. The van der Waals surface area contributed by atoms with Gasteiger partial charge in [0.15, 0.2) is 17.5 Å². The molecule has 23 heavy (non-hydrogen) atoms. The zero-order valence-electron chi connectivity index (χ0n) is 14.6. The van der Waals surface area contributed by atoms with E-state index in [-0.39, 0.29) is 24.0 Å². The fraction of sp³-hybridized carbons (Fsp3) is 0.588. The quantitative estimate of drug-likeness (QED) is 0.271. The minimum absolute atomic E-state index is 0. The standard InChI is InChI=1S/C17H29N3O2.HI/c1-13(2)6-5-10-19-17(18)20-11-9-14-7-8-15(21-3)16(12-14)22-4;/h7-8,12-13H,5-6,9-11H2,1-4H3,(H3,18,19,20);1H. The number of ether oxygens (including phenoxy) is 2. The molecule has 1 aromatic rings. The lowest BCUT2D eigenvalue weighted by atomic mass is 10.1. The van der Waals surface area contributed by atoms with Crippen LogP contribution in [0.4, 0.5) is 0 Å². The van der Waals surface area contributed by atoms with E-state index < -0.39 is 0 Å². The van der Waals surface area contributed by atoms with Crippen LogP contribution in [-0.4, -0.2) is 33.3 Å². The zero-order chi connectivity index (χ0) is 16.4. The second-order valence-electron chi connectivity index (χ2n) is 5.67. The molecule has 1 aromatic carbocycles. The number of hydrogen-bond acceptors (Lipinski definition) is 3. The van der Waals surface area contributed by atoms with E-state index in [1.165, 1.54) is 6.42 Å². The van der Waals surface area contributed by atoms with Crippen molar-refractivity contribution < 1.29 is 9.47 Å². The monoisotopic (exact) mass is 435 g/mol. The number of nitrogens with zero attached hydrogens (tertiary/aromatic N) is 1. The highest BCUT2D eigenvalue weighted by molar-refractivity contribution is 14.0. The third kappa shape index (κ3) is 8.88. The molecule has 0 spiro atoms. The van der Waals surface area contributed by atoms with Gasteiger partial charge in [0, 0.05) is 13.1 Å². The van der Waals surface area contributed by atoms with Gasteiger partial charge in [-0.25, -0.2) is 0 Å². The van der Waals surface area contributed by atoms with E-state index in [2.05, 4.69) is 24.2 Å². The Morgan fingerprint density at radius 2 is 1.91 bits per heavy atom. The topological polar surface area (TPSA) is 68.9 Å². The molecule has 3 N–H and O–H groups in total. The van der Waals surface area contributed by atoms with Gasteiger partial charge < -0.3 is 20.5 Å². The smallest absolute Gasteiger partial charge is 0.188 e. The van der Waals surface area contributed by atoms with E-state index in [0.29, 0.717) is 5.96 Å². The number of rotatable bonds is 9. The van der Waals surface area contributed by atoms with Crippen molar-refractivity contribution in [1.82, 2.24) is 5.32 Å². The van der Waals surface area contributed by atoms with Crippen molar-refractivity contribution in [2.45, 2.75) is 33.1 Å². The predicted octanol–water partition coefficient (Wildman–Crippen LogP) is 3.20. The van der Waals surface area contributed by atoms with Gasteiger partial charge in [-0.3, -0.25) is 4.99 Å². The van der Waals surface area contributed by atoms with Gasteiger partial charge in [-0.2, -0.15) is 0 Å². The fourth-order valence-corrected chi connectivity index (χ4v) is 2.13. The van der Waals surface area contributed by atoms with Crippen molar-refractivity contribution in [2.24, 2.45) is 16.6 Å². The Kier molecular flexibility index (Phi) is 11.6. The van der Waals surface area contributed by atoms with Crippen LogP contribution in [0.15, 0.2) is 23.2 Å². The average Bonchev–Trinajstić information content (AvgIpc) is 2.51. The van der Waals surface area contributed by atoms with Crippen molar-refractivity contribution in [3.63, 3.8) is 0 Å². The molecule has 6 heteroatoms. The fourth-order valence-electron chi connectivity index (χ4n) is 2.13. The largest absolute Gasteiger partial charge is 0.493 e. The van der Waals surface area contributed by atoms with Crippen LogP contribution in [0, 0.1) is 5.92 Å². The van der Waals surface area contributed by atoms with Crippen LogP contribution >= 0.6 is 24.0 Å². The van der Waals surface area contributed by atoms with Crippen LogP contribution < -0.4 is 20.5 Å². The molecular formula is C17H30IN3O2. The van der Waals surface area contributed by atoms with Crippen LogP contribution in [0.5, 0.6) is 11.5 Å². The number of halogens is 1. The third-order valence-corrected chi connectivity index (χ3v) is 3.39. The Morgan fingerprint density at radius 1 is 1.22 bits per heavy atom. The molecule has 0 aromatic heterocycles. The van der Waals surface area contributed by atoms with E-state index in [9.17, 15) is 0 Å². The van der Waals surface area contributed by atoms with Crippen molar-refractivity contribution in [1.29, 1.82) is 0 Å². The summed E-state index contributed by atoms with van der Waals surface area (Å²) in [6.45, 7) is 5.96. The van der Waals surface area contributed by atoms with Gasteiger partial charge in [0.2, 0.25) is 0 Å². The maximum absolute atomic E-state index is 5.85. The molecule has 5 nitrogen and oxygen atoms in total. The molecule has 0 aliphatic heterocycles. The Hall–Kier alpha value is -1.18. The first kappa shape index (κ1) is 21.8. The minimum atomic E-state index is 0. The van der Waals surface area contributed by atoms with Gasteiger partial charge in [-0.05, 0) is 42.9 Å². The molecule has 0 radical (unpaired) electrons. The molecule has 0 amide bonds. The summed E-state index contributed by atoms with van der Waals surface area (Å²) in [6, 6.07) is 5.92. The molecule has 0 atom stereocenters. The number of methoxy groups -OCH3 is 2. The number of aliphatic imine (C=N–C) groups is 1. The molecule has 0 fully saturated rings. The highest BCUT2D eigenvalue weighted by atomic mass is 127. The van der Waals surface area contributed by atoms with E-state index in [1.807, 2.05) is 18.2 Å². The molecule has 0 heterocycles. The van der Waals surface area contributed by atoms with Gasteiger partial charge >= 0.3 is 0 Å². The predicted molar refractivity (Wildman–Crippen MR) is 107 cm³/mol. The van der Waals surface area contributed by atoms with Gasteiger partial charge in [-0.1, -0.05) is 19.9 Å².